The SMILES string of the molecule is CCC(=O)[C@H](C)C=C(C)[C@H]1C(C)=C[C@@]2(C)[C@@H]1[C@]2(C)c1oc(OC)c(C)c(=O)c1C. The fourth-order valence-electron chi connectivity index (χ4n) is 5.95. The van der Waals surface area contributed by atoms with Crippen LogP contribution in [0.1, 0.15) is 64.9 Å². The van der Waals surface area contributed by atoms with Crippen molar-refractivity contribution in [3.8, 4) is 5.95 Å². The van der Waals surface area contributed by atoms with Crippen LogP contribution in [0.25, 0.3) is 0 Å². The smallest absolute Gasteiger partial charge is 0.291 e. The minimum absolute atomic E-state index is 0.00965. The molecule has 2 aliphatic rings. The third-order valence-corrected chi connectivity index (χ3v) is 7.69. The molecule has 29 heavy (non-hydrogen) atoms. The Balaban J connectivity index is 2.08. The Labute approximate surface area is 174 Å². The van der Waals surface area contributed by atoms with Gasteiger partial charge in [-0.3, -0.25) is 9.59 Å². The Morgan fingerprint density at radius 2 is 1.90 bits per heavy atom. The van der Waals surface area contributed by atoms with Gasteiger partial charge in [0.15, 0.2) is 5.43 Å². The predicted molar refractivity (Wildman–Crippen MR) is 115 cm³/mol. The molecule has 1 heterocycles. The standard InChI is InChI=1S/C25H34O4/c1-10-18(26)13(2)11-14(3)19-15(4)12-24(7)21(19)25(24,8)22-16(5)20(27)17(6)23(28-9)29-22/h11-13,19,21H,10H2,1-9H3/t13-,19+,21-,24+,25-/m1/s1. The number of hydrogen-bond donors (Lipinski definition) is 0. The van der Waals surface area contributed by atoms with E-state index in [1.807, 2.05) is 20.8 Å². The molecule has 0 aromatic carbocycles. The Hall–Kier alpha value is -2.10. The molecule has 1 aromatic heterocycles. The summed E-state index contributed by atoms with van der Waals surface area (Å²) in [6.45, 7) is 16.2. The first-order valence-corrected chi connectivity index (χ1v) is 10.5. The highest BCUT2D eigenvalue weighted by Crippen LogP contribution is 2.78. The normalized spacial score (nSPS) is 31.9. The molecule has 3 rings (SSSR count). The van der Waals surface area contributed by atoms with E-state index in [4.69, 9.17) is 9.15 Å². The number of allylic oxidation sites excluding steroid dienone is 4. The number of carbonyl (C=O) groups excluding carboxylic acids is 1. The van der Waals surface area contributed by atoms with Crippen molar-refractivity contribution in [1.29, 1.82) is 0 Å². The number of ether oxygens (including phenoxy) is 1. The molecule has 0 saturated heterocycles. The van der Waals surface area contributed by atoms with E-state index >= 15 is 0 Å². The third kappa shape index (κ3) is 2.86. The number of carbonyl (C=O) groups is 1. The topological polar surface area (TPSA) is 56.5 Å². The van der Waals surface area contributed by atoms with Crippen LogP contribution in [0.4, 0.5) is 0 Å². The largest absolute Gasteiger partial charge is 0.468 e. The summed E-state index contributed by atoms with van der Waals surface area (Å²) in [4.78, 5) is 24.9. The summed E-state index contributed by atoms with van der Waals surface area (Å²) >= 11 is 0. The quantitative estimate of drug-likeness (QED) is 0.611. The number of Topliss-reactive ketones (excluding diaryl/α,β-unsaturated/α-hetero) is 1. The maximum Gasteiger partial charge on any atom is 0.291 e. The van der Waals surface area contributed by atoms with E-state index in [-0.39, 0.29) is 33.9 Å². The van der Waals surface area contributed by atoms with Crippen LogP contribution in [0.3, 0.4) is 0 Å². The first-order valence-electron chi connectivity index (χ1n) is 10.5. The van der Waals surface area contributed by atoms with Gasteiger partial charge in [0.25, 0.3) is 5.95 Å². The van der Waals surface area contributed by atoms with Crippen molar-refractivity contribution < 1.29 is 13.9 Å². The number of fused-ring (bicyclic) bond motifs is 1. The molecule has 2 aliphatic carbocycles. The van der Waals surface area contributed by atoms with E-state index in [2.05, 4.69) is 39.8 Å². The van der Waals surface area contributed by atoms with E-state index in [9.17, 15) is 9.59 Å². The molecule has 1 aromatic rings. The lowest BCUT2D eigenvalue weighted by Gasteiger charge is -2.24. The molecule has 4 heteroatoms. The molecule has 0 spiro atoms. The Morgan fingerprint density at radius 1 is 1.28 bits per heavy atom. The minimum Gasteiger partial charge on any atom is -0.468 e. The first kappa shape index (κ1) is 21.6. The van der Waals surface area contributed by atoms with Crippen LogP contribution < -0.4 is 10.2 Å². The van der Waals surface area contributed by atoms with Crippen LogP contribution >= 0.6 is 0 Å². The van der Waals surface area contributed by atoms with Gasteiger partial charge in [-0.15, -0.1) is 0 Å². The average Bonchev–Trinajstić information content (AvgIpc) is 2.98. The van der Waals surface area contributed by atoms with Gasteiger partial charge < -0.3 is 9.15 Å². The monoisotopic (exact) mass is 398 g/mol. The predicted octanol–water partition coefficient (Wildman–Crippen LogP) is 5.30. The average molecular weight is 399 g/mol. The molecule has 0 N–H and O–H groups in total. The van der Waals surface area contributed by atoms with Crippen LogP contribution in [-0.2, 0) is 10.2 Å². The molecule has 0 amide bonds. The second kappa shape index (κ2) is 7.00. The van der Waals surface area contributed by atoms with E-state index in [0.717, 1.165) is 5.76 Å². The number of methoxy groups -OCH3 is 1. The molecule has 0 bridgehead atoms. The molecule has 0 unspecified atom stereocenters. The van der Waals surface area contributed by atoms with Gasteiger partial charge in [-0.1, -0.05) is 51.0 Å². The summed E-state index contributed by atoms with van der Waals surface area (Å²) in [7, 11) is 1.54. The molecule has 0 aliphatic heterocycles. The van der Waals surface area contributed by atoms with Crippen LogP contribution in [0, 0.1) is 37.0 Å². The fourth-order valence-corrected chi connectivity index (χ4v) is 5.95. The zero-order valence-electron chi connectivity index (χ0n) is 19.2. The highest BCUT2D eigenvalue weighted by Gasteiger charge is 2.77. The van der Waals surface area contributed by atoms with Gasteiger partial charge in [0.1, 0.15) is 11.5 Å². The van der Waals surface area contributed by atoms with Gasteiger partial charge in [-0.25, -0.2) is 0 Å². The highest BCUT2D eigenvalue weighted by atomic mass is 16.6. The lowest BCUT2D eigenvalue weighted by Crippen LogP contribution is -2.23. The summed E-state index contributed by atoms with van der Waals surface area (Å²) in [6, 6.07) is 0. The van der Waals surface area contributed by atoms with Crippen molar-refractivity contribution in [3.05, 3.63) is 50.4 Å². The molecular weight excluding hydrogens is 364 g/mol. The van der Waals surface area contributed by atoms with Crippen molar-refractivity contribution in [2.24, 2.45) is 23.2 Å². The lowest BCUT2D eigenvalue weighted by molar-refractivity contribution is -0.120. The molecule has 0 radical (unpaired) electrons. The van der Waals surface area contributed by atoms with Gasteiger partial charge in [0.2, 0.25) is 0 Å². The van der Waals surface area contributed by atoms with Crippen molar-refractivity contribution in [2.45, 2.75) is 67.2 Å². The maximum atomic E-state index is 12.8. The lowest BCUT2D eigenvalue weighted by atomic mass is 9.81. The maximum absolute atomic E-state index is 12.8. The molecule has 5 atom stereocenters. The molecular formula is C25H34O4. The van der Waals surface area contributed by atoms with Gasteiger partial charge in [0, 0.05) is 34.7 Å². The van der Waals surface area contributed by atoms with Crippen LogP contribution in [0.15, 0.2) is 32.5 Å². The second-order valence-electron chi connectivity index (χ2n) is 9.35. The summed E-state index contributed by atoms with van der Waals surface area (Å²) < 4.78 is 11.5. The van der Waals surface area contributed by atoms with Gasteiger partial charge in [-0.2, -0.15) is 0 Å². The van der Waals surface area contributed by atoms with E-state index in [1.165, 1.54) is 18.3 Å². The van der Waals surface area contributed by atoms with Crippen molar-refractivity contribution in [1.82, 2.24) is 0 Å². The van der Waals surface area contributed by atoms with E-state index < -0.39 is 0 Å². The first-order chi connectivity index (χ1) is 13.4. The van der Waals surface area contributed by atoms with Crippen LogP contribution in [0.5, 0.6) is 5.95 Å². The van der Waals surface area contributed by atoms with Crippen molar-refractivity contribution in [3.63, 3.8) is 0 Å². The zero-order valence-corrected chi connectivity index (χ0v) is 19.2. The summed E-state index contributed by atoms with van der Waals surface area (Å²) in [6.07, 6.45) is 5.02. The van der Waals surface area contributed by atoms with Gasteiger partial charge in [-0.05, 0) is 33.6 Å². The highest BCUT2D eigenvalue weighted by molar-refractivity contribution is 5.82. The summed E-state index contributed by atoms with van der Waals surface area (Å²) in [5.41, 5.74) is 3.36. The Kier molecular flexibility index (Phi) is 5.21. The fraction of sp³-hybridized carbons (Fsp3) is 0.600. The number of rotatable bonds is 6. The van der Waals surface area contributed by atoms with Crippen LogP contribution in [0.2, 0.25) is 0 Å². The van der Waals surface area contributed by atoms with Gasteiger partial charge >= 0.3 is 0 Å². The van der Waals surface area contributed by atoms with Gasteiger partial charge in [0.05, 0.1) is 12.7 Å². The third-order valence-electron chi connectivity index (χ3n) is 7.69. The zero-order chi connectivity index (χ0) is 21.9. The summed E-state index contributed by atoms with van der Waals surface area (Å²) in [5, 5.41) is 0. The van der Waals surface area contributed by atoms with Crippen molar-refractivity contribution >= 4 is 5.78 Å². The number of hydrogen-bond acceptors (Lipinski definition) is 4. The van der Waals surface area contributed by atoms with E-state index in [1.54, 1.807) is 6.92 Å². The Morgan fingerprint density at radius 3 is 2.45 bits per heavy atom. The second-order valence-corrected chi connectivity index (χ2v) is 9.35. The van der Waals surface area contributed by atoms with Crippen molar-refractivity contribution in [2.75, 3.05) is 7.11 Å². The molecule has 1 saturated carbocycles. The summed E-state index contributed by atoms with van der Waals surface area (Å²) in [5.74, 6) is 1.76. The Bertz CT molecular complexity index is 979. The molecule has 158 valence electrons. The van der Waals surface area contributed by atoms with Crippen LogP contribution in [-0.4, -0.2) is 12.9 Å². The molecule has 4 nitrogen and oxygen atoms in total. The number of ketones is 1. The minimum atomic E-state index is -0.283. The van der Waals surface area contributed by atoms with E-state index in [0.29, 0.717) is 29.4 Å². The molecule has 1 fully saturated rings.